The molecule has 0 radical (unpaired) electrons. The van der Waals surface area contributed by atoms with E-state index in [9.17, 15) is 4.79 Å². The van der Waals surface area contributed by atoms with E-state index in [1.54, 1.807) is 18.2 Å². The summed E-state index contributed by atoms with van der Waals surface area (Å²) in [5, 5.41) is 0.390. The lowest BCUT2D eigenvalue weighted by atomic mass is 10.2. The van der Waals surface area contributed by atoms with E-state index in [0.29, 0.717) is 16.3 Å². The number of nitrogens with two attached hydrogens (primary N) is 1. The summed E-state index contributed by atoms with van der Waals surface area (Å²) in [4.78, 5) is 11.8. The van der Waals surface area contributed by atoms with Gasteiger partial charge in [-0.05, 0) is 37.8 Å². The fraction of sp³-hybridized carbons (Fsp3) is 0.417. The Morgan fingerprint density at radius 1 is 1.38 bits per heavy atom. The molecule has 0 amide bonds. The largest absolute Gasteiger partial charge is 0.459 e. The quantitative estimate of drug-likeness (QED) is 0.638. The number of hydrogen-bond donors (Lipinski definition) is 1. The average molecular weight is 240 g/mol. The molecular weight excluding hydrogens is 226 g/mol. The number of carbonyl (C=O) groups excluding carboxylic acids is 1. The molecule has 1 aliphatic carbocycles. The van der Waals surface area contributed by atoms with Crippen LogP contribution in [0.15, 0.2) is 18.2 Å². The van der Waals surface area contributed by atoms with Gasteiger partial charge in [0.2, 0.25) is 0 Å². The fourth-order valence-corrected chi connectivity index (χ4v) is 2.11. The summed E-state index contributed by atoms with van der Waals surface area (Å²) >= 11 is 5.84. The maximum absolute atomic E-state index is 11.8. The zero-order valence-corrected chi connectivity index (χ0v) is 9.67. The van der Waals surface area contributed by atoms with Gasteiger partial charge in [-0.2, -0.15) is 0 Å². The highest BCUT2D eigenvalue weighted by Gasteiger charge is 2.21. The maximum Gasteiger partial charge on any atom is 0.340 e. The number of esters is 1. The van der Waals surface area contributed by atoms with E-state index < -0.39 is 0 Å². The van der Waals surface area contributed by atoms with Crippen molar-refractivity contribution in [3.63, 3.8) is 0 Å². The molecule has 0 heterocycles. The predicted octanol–water partition coefficient (Wildman–Crippen LogP) is 3.02. The molecule has 2 N–H and O–H groups in total. The second-order valence-corrected chi connectivity index (χ2v) is 4.42. The van der Waals surface area contributed by atoms with Gasteiger partial charge in [-0.25, -0.2) is 4.79 Å². The summed E-state index contributed by atoms with van der Waals surface area (Å²) in [5.41, 5.74) is 6.38. The molecule has 0 saturated heterocycles. The summed E-state index contributed by atoms with van der Waals surface area (Å²) < 4.78 is 5.36. The van der Waals surface area contributed by atoms with Crippen molar-refractivity contribution in [1.29, 1.82) is 0 Å². The fourth-order valence-electron chi connectivity index (χ4n) is 1.94. The van der Waals surface area contributed by atoms with Crippen molar-refractivity contribution in [2.24, 2.45) is 0 Å². The summed E-state index contributed by atoms with van der Waals surface area (Å²) in [6, 6.07) is 4.99. The summed E-state index contributed by atoms with van der Waals surface area (Å²) in [6.07, 6.45) is 4.20. The third-order valence-corrected chi connectivity index (χ3v) is 3.18. The predicted molar refractivity (Wildman–Crippen MR) is 63.5 cm³/mol. The molecule has 0 spiro atoms. The van der Waals surface area contributed by atoms with E-state index >= 15 is 0 Å². The molecular formula is C12H14ClNO2. The number of rotatable bonds is 2. The Kier molecular flexibility index (Phi) is 3.34. The molecule has 1 aromatic carbocycles. The van der Waals surface area contributed by atoms with Crippen molar-refractivity contribution < 1.29 is 9.53 Å². The molecule has 2 rings (SSSR count). The molecule has 1 saturated carbocycles. The lowest BCUT2D eigenvalue weighted by Gasteiger charge is -2.12. The van der Waals surface area contributed by atoms with Crippen LogP contribution in [-0.2, 0) is 4.74 Å². The first-order valence-corrected chi connectivity index (χ1v) is 5.81. The van der Waals surface area contributed by atoms with Crippen molar-refractivity contribution in [2.75, 3.05) is 5.73 Å². The first-order chi connectivity index (χ1) is 7.68. The number of hydrogen-bond acceptors (Lipinski definition) is 3. The number of para-hydroxylation sites is 1. The minimum atomic E-state index is -0.369. The van der Waals surface area contributed by atoms with Gasteiger partial charge in [0.05, 0.1) is 16.3 Å². The Morgan fingerprint density at radius 3 is 2.75 bits per heavy atom. The number of carbonyl (C=O) groups is 1. The first kappa shape index (κ1) is 11.3. The zero-order valence-electron chi connectivity index (χ0n) is 8.91. The Hall–Kier alpha value is -1.22. The van der Waals surface area contributed by atoms with Crippen LogP contribution in [0.1, 0.15) is 36.0 Å². The van der Waals surface area contributed by atoms with Gasteiger partial charge in [-0.3, -0.25) is 0 Å². The molecule has 16 heavy (non-hydrogen) atoms. The smallest absolute Gasteiger partial charge is 0.340 e. The molecule has 1 fully saturated rings. The van der Waals surface area contributed by atoms with Crippen molar-refractivity contribution in [1.82, 2.24) is 0 Å². The number of halogens is 1. The zero-order chi connectivity index (χ0) is 11.5. The van der Waals surface area contributed by atoms with E-state index in [0.717, 1.165) is 25.7 Å². The van der Waals surface area contributed by atoms with Crippen LogP contribution >= 0.6 is 11.6 Å². The van der Waals surface area contributed by atoms with E-state index in [-0.39, 0.29) is 12.1 Å². The Morgan fingerprint density at radius 2 is 2.06 bits per heavy atom. The minimum Gasteiger partial charge on any atom is -0.459 e. The highest BCUT2D eigenvalue weighted by molar-refractivity contribution is 6.33. The maximum atomic E-state index is 11.8. The van der Waals surface area contributed by atoms with E-state index in [1.807, 2.05) is 0 Å². The molecule has 0 atom stereocenters. The van der Waals surface area contributed by atoms with Crippen molar-refractivity contribution in [3.05, 3.63) is 28.8 Å². The van der Waals surface area contributed by atoms with E-state index in [2.05, 4.69) is 0 Å². The van der Waals surface area contributed by atoms with Gasteiger partial charge >= 0.3 is 5.97 Å². The molecule has 1 aliphatic rings. The molecule has 0 unspecified atom stereocenters. The number of anilines is 1. The SMILES string of the molecule is Nc1c(Cl)cccc1C(=O)OC1CCCC1. The van der Waals surface area contributed by atoms with Crippen molar-refractivity contribution in [3.8, 4) is 0 Å². The highest BCUT2D eigenvalue weighted by atomic mass is 35.5. The van der Waals surface area contributed by atoms with Gasteiger partial charge in [0.1, 0.15) is 6.10 Å². The topological polar surface area (TPSA) is 52.3 Å². The molecule has 86 valence electrons. The van der Waals surface area contributed by atoms with Crippen LogP contribution in [0.2, 0.25) is 5.02 Å². The average Bonchev–Trinajstić information content (AvgIpc) is 2.74. The monoisotopic (exact) mass is 239 g/mol. The van der Waals surface area contributed by atoms with Gasteiger partial charge < -0.3 is 10.5 Å². The van der Waals surface area contributed by atoms with Crippen LogP contribution in [-0.4, -0.2) is 12.1 Å². The lowest BCUT2D eigenvalue weighted by Crippen LogP contribution is -2.16. The second kappa shape index (κ2) is 4.74. The standard InChI is InChI=1S/C12H14ClNO2/c13-10-7-3-6-9(11(10)14)12(15)16-8-4-1-2-5-8/h3,6-8H,1-2,4-5,14H2. The lowest BCUT2D eigenvalue weighted by molar-refractivity contribution is 0.0319. The van der Waals surface area contributed by atoms with Crippen LogP contribution < -0.4 is 5.73 Å². The second-order valence-electron chi connectivity index (χ2n) is 4.01. The number of benzene rings is 1. The van der Waals surface area contributed by atoms with E-state index in [1.165, 1.54) is 0 Å². The molecule has 4 heteroatoms. The normalized spacial score (nSPS) is 16.3. The highest BCUT2D eigenvalue weighted by Crippen LogP contribution is 2.26. The van der Waals surface area contributed by atoms with Gasteiger partial charge in [0.25, 0.3) is 0 Å². The van der Waals surface area contributed by atoms with Crippen LogP contribution in [0, 0.1) is 0 Å². The van der Waals surface area contributed by atoms with Gasteiger partial charge in [0, 0.05) is 0 Å². The molecule has 1 aromatic rings. The minimum absolute atomic E-state index is 0.0471. The summed E-state index contributed by atoms with van der Waals surface area (Å²) in [6.45, 7) is 0. The number of nitrogen functional groups attached to an aromatic ring is 1. The summed E-state index contributed by atoms with van der Waals surface area (Å²) in [7, 11) is 0. The first-order valence-electron chi connectivity index (χ1n) is 5.43. The molecule has 0 bridgehead atoms. The van der Waals surface area contributed by atoms with Crippen LogP contribution in [0.5, 0.6) is 0 Å². The molecule has 0 aromatic heterocycles. The van der Waals surface area contributed by atoms with Crippen molar-refractivity contribution >= 4 is 23.3 Å². The van der Waals surface area contributed by atoms with Crippen LogP contribution in [0.25, 0.3) is 0 Å². The van der Waals surface area contributed by atoms with Gasteiger partial charge in [-0.1, -0.05) is 17.7 Å². The summed E-state index contributed by atoms with van der Waals surface area (Å²) in [5.74, 6) is -0.369. The van der Waals surface area contributed by atoms with E-state index in [4.69, 9.17) is 22.1 Å². The Balaban J connectivity index is 2.11. The Labute approximate surface area is 99.5 Å². The molecule has 0 aliphatic heterocycles. The third-order valence-electron chi connectivity index (χ3n) is 2.85. The van der Waals surface area contributed by atoms with Gasteiger partial charge in [0.15, 0.2) is 0 Å². The van der Waals surface area contributed by atoms with Crippen LogP contribution in [0.3, 0.4) is 0 Å². The Bertz CT molecular complexity index is 400. The van der Waals surface area contributed by atoms with Crippen LogP contribution in [0.4, 0.5) is 5.69 Å². The third kappa shape index (κ3) is 2.30. The number of ether oxygens (including phenoxy) is 1. The van der Waals surface area contributed by atoms with Crippen molar-refractivity contribution in [2.45, 2.75) is 31.8 Å². The van der Waals surface area contributed by atoms with Gasteiger partial charge in [-0.15, -0.1) is 0 Å². The molecule has 3 nitrogen and oxygen atoms in total.